The van der Waals surface area contributed by atoms with Gasteiger partial charge in [0.15, 0.2) is 0 Å². The third-order valence-corrected chi connectivity index (χ3v) is 5.41. The van der Waals surface area contributed by atoms with E-state index in [0.717, 1.165) is 45.0 Å². The maximum atomic E-state index is 12.6. The lowest BCUT2D eigenvalue weighted by molar-refractivity contribution is 0.00673. The van der Waals surface area contributed by atoms with E-state index >= 15 is 0 Å². The first-order valence-corrected chi connectivity index (χ1v) is 10.5. The first-order chi connectivity index (χ1) is 13.1. The number of morpholine rings is 1. The van der Waals surface area contributed by atoms with E-state index in [0.29, 0.717) is 18.5 Å². The zero-order chi connectivity index (χ0) is 19.6. The van der Waals surface area contributed by atoms with E-state index in [4.69, 9.17) is 4.74 Å². The van der Waals surface area contributed by atoms with Crippen LogP contribution in [0, 0.1) is 5.92 Å². The van der Waals surface area contributed by atoms with E-state index in [1.54, 1.807) is 0 Å². The molecular formula is C22H37N3O2. The third-order valence-electron chi connectivity index (χ3n) is 5.41. The summed E-state index contributed by atoms with van der Waals surface area (Å²) in [7, 11) is 0. The largest absolute Gasteiger partial charge is 0.379 e. The number of carbonyl (C=O) groups is 1. The van der Waals surface area contributed by atoms with Gasteiger partial charge in [-0.3, -0.25) is 9.69 Å². The molecular weight excluding hydrogens is 338 g/mol. The molecule has 1 aliphatic rings. The number of hydrogen-bond donors (Lipinski definition) is 1. The van der Waals surface area contributed by atoms with Gasteiger partial charge in [0, 0.05) is 50.0 Å². The van der Waals surface area contributed by atoms with Crippen molar-refractivity contribution in [2.75, 3.05) is 50.8 Å². The molecule has 0 saturated carbocycles. The Labute approximate surface area is 165 Å². The molecule has 0 bridgehead atoms. The van der Waals surface area contributed by atoms with Crippen LogP contribution in [-0.4, -0.2) is 62.8 Å². The van der Waals surface area contributed by atoms with Gasteiger partial charge < -0.3 is 15.0 Å². The predicted molar refractivity (Wildman–Crippen MR) is 113 cm³/mol. The minimum absolute atomic E-state index is 0.0112. The number of benzene rings is 1. The normalized spacial score (nSPS) is 16.3. The average molecular weight is 376 g/mol. The minimum atomic E-state index is 0.0112. The van der Waals surface area contributed by atoms with Crippen molar-refractivity contribution in [2.24, 2.45) is 5.92 Å². The molecule has 1 unspecified atom stereocenters. The van der Waals surface area contributed by atoms with Crippen molar-refractivity contribution >= 4 is 11.6 Å². The van der Waals surface area contributed by atoms with Crippen LogP contribution in [0.4, 0.5) is 5.69 Å². The van der Waals surface area contributed by atoms with Crippen LogP contribution in [0.2, 0.25) is 0 Å². The quantitative estimate of drug-likeness (QED) is 0.681. The number of anilines is 1. The second-order valence-corrected chi connectivity index (χ2v) is 7.65. The summed E-state index contributed by atoms with van der Waals surface area (Å²) in [6.07, 6.45) is 2.38. The monoisotopic (exact) mass is 375 g/mol. The number of hydrogen-bond acceptors (Lipinski definition) is 4. The SMILES string of the molecule is CCCCN(CC)c1ccc(C(=O)NCC(C(C)C)N2CCOCC2)cc1. The van der Waals surface area contributed by atoms with Crippen molar-refractivity contribution < 1.29 is 9.53 Å². The Morgan fingerprint density at radius 2 is 1.85 bits per heavy atom. The molecule has 1 heterocycles. The summed E-state index contributed by atoms with van der Waals surface area (Å²) in [5, 5.41) is 3.14. The van der Waals surface area contributed by atoms with Crippen molar-refractivity contribution in [1.82, 2.24) is 10.2 Å². The second-order valence-electron chi connectivity index (χ2n) is 7.65. The molecule has 1 aromatic rings. The summed E-state index contributed by atoms with van der Waals surface area (Å²) < 4.78 is 5.46. The molecule has 1 fully saturated rings. The zero-order valence-corrected chi connectivity index (χ0v) is 17.5. The third kappa shape index (κ3) is 6.51. The van der Waals surface area contributed by atoms with E-state index in [1.165, 1.54) is 18.5 Å². The molecule has 5 heteroatoms. The highest BCUT2D eigenvalue weighted by molar-refractivity contribution is 5.94. The Balaban J connectivity index is 1.92. The first-order valence-electron chi connectivity index (χ1n) is 10.5. The zero-order valence-electron chi connectivity index (χ0n) is 17.5. The summed E-state index contributed by atoms with van der Waals surface area (Å²) in [5.74, 6) is 0.500. The lowest BCUT2D eigenvalue weighted by Crippen LogP contribution is -2.51. The molecule has 0 radical (unpaired) electrons. The maximum Gasteiger partial charge on any atom is 0.251 e. The first kappa shape index (κ1) is 21.7. The van der Waals surface area contributed by atoms with Gasteiger partial charge >= 0.3 is 0 Å². The standard InChI is InChI=1S/C22H37N3O2/c1-5-7-12-24(6-2)20-10-8-19(9-11-20)22(26)23-17-21(18(3)4)25-13-15-27-16-14-25/h8-11,18,21H,5-7,12-17H2,1-4H3,(H,23,26). The van der Waals surface area contributed by atoms with Crippen LogP contribution in [0.25, 0.3) is 0 Å². The fourth-order valence-electron chi connectivity index (χ4n) is 3.64. The van der Waals surface area contributed by atoms with Crippen molar-refractivity contribution in [2.45, 2.75) is 46.6 Å². The Hall–Kier alpha value is -1.59. The highest BCUT2D eigenvalue weighted by Crippen LogP contribution is 2.17. The number of nitrogens with zero attached hydrogens (tertiary/aromatic N) is 2. The van der Waals surface area contributed by atoms with Crippen molar-refractivity contribution in [3.8, 4) is 0 Å². The molecule has 5 nitrogen and oxygen atoms in total. The van der Waals surface area contributed by atoms with Crippen LogP contribution < -0.4 is 10.2 Å². The van der Waals surface area contributed by atoms with Gasteiger partial charge in [-0.15, -0.1) is 0 Å². The molecule has 0 aromatic heterocycles. The number of ether oxygens (including phenoxy) is 1. The van der Waals surface area contributed by atoms with Gasteiger partial charge in [-0.05, 0) is 43.5 Å². The number of amides is 1. The van der Waals surface area contributed by atoms with Gasteiger partial charge in [-0.1, -0.05) is 27.2 Å². The van der Waals surface area contributed by atoms with Crippen LogP contribution in [0.1, 0.15) is 50.9 Å². The molecule has 1 atom stereocenters. The van der Waals surface area contributed by atoms with E-state index in [2.05, 4.69) is 54.9 Å². The Morgan fingerprint density at radius 1 is 1.19 bits per heavy atom. The summed E-state index contributed by atoms with van der Waals surface area (Å²) in [5.41, 5.74) is 1.92. The van der Waals surface area contributed by atoms with Crippen LogP contribution >= 0.6 is 0 Å². The molecule has 0 aliphatic carbocycles. The second kappa shape index (κ2) is 11.3. The Morgan fingerprint density at radius 3 is 2.41 bits per heavy atom. The molecule has 1 amide bonds. The fourth-order valence-corrected chi connectivity index (χ4v) is 3.64. The van der Waals surface area contributed by atoms with Crippen LogP contribution in [0.3, 0.4) is 0 Å². The van der Waals surface area contributed by atoms with Gasteiger partial charge in [0.25, 0.3) is 5.91 Å². The molecule has 0 spiro atoms. The van der Waals surface area contributed by atoms with E-state index < -0.39 is 0 Å². The molecule has 1 aromatic carbocycles. The van der Waals surface area contributed by atoms with Crippen molar-refractivity contribution in [3.05, 3.63) is 29.8 Å². The highest BCUT2D eigenvalue weighted by atomic mass is 16.5. The Bertz CT molecular complexity index is 553. The number of rotatable bonds is 10. The van der Waals surface area contributed by atoms with Gasteiger partial charge in [-0.2, -0.15) is 0 Å². The average Bonchev–Trinajstić information content (AvgIpc) is 2.69. The van der Waals surface area contributed by atoms with Gasteiger partial charge in [0.05, 0.1) is 13.2 Å². The Kier molecular flexibility index (Phi) is 9.08. The summed E-state index contributed by atoms with van der Waals surface area (Å²) in [6, 6.07) is 8.37. The van der Waals surface area contributed by atoms with Crippen LogP contribution in [-0.2, 0) is 4.74 Å². The topological polar surface area (TPSA) is 44.8 Å². The van der Waals surface area contributed by atoms with Gasteiger partial charge in [0.1, 0.15) is 0 Å². The molecule has 1 N–H and O–H groups in total. The maximum absolute atomic E-state index is 12.6. The summed E-state index contributed by atoms with van der Waals surface area (Å²) in [6.45, 7) is 15.0. The van der Waals surface area contributed by atoms with Crippen LogP contribution in [0.5, 0.6) is 0 Å². The van der Waals surface area contributed by atoms with E-state index in [-0.39, 0.29) is 5.91 Å². The number of unbranched alkanes of at least 4 members (excludes halogenated alkanes) is 1. The molecule has 27 heavy (non-hydrogen) atoms. The smallest absolute Gasteiger partial charge is 0.251 e. The van der Waals surface area contributed by atoms with Gasteiger partial charge in [-0.25, -0.2) is 0 Å². The highest BCUT2D eigenvalue weighted by Gasteiger charge is 2.24. The molecule has 2 rings (SSSR count). The van der Waals surface area contributed by atoms with E-state index in [1.807, 2.05) is 12.1 Å². The van der Waals surface area contributed by atoms with E-state index in [9.17, 15) is 4.79 Å². The fraction of sp³-hybridized carbons (Fsp3) is 0.682. The molecule has 1 aliphatic heterocycles. The lowest BCUT2D eigenvalue weighted by Gasteiger charge is -2.36. The minimum Gasteiger partial charge on any atom is -0.379 e. The lowest BCUT2D eigenvalue weighted by atomic mass is 10.0. The molecule has 1 saturated heterocycles. The number of nitrogens with one attached hydrogen (secondary N) is 1. The van der Waals surface area contributed by atoms with Crippen molar-refractivity contribution in [1.29, 1.82) is 0 Å². The summed E-state index contributed by atoms with van der Waals surface area (Å²) in [4.78, 5) is 17.4. The number of carbonyl (C=O) groups excluding carboxylic acids is 1. The van der Waals surface area contributed by atoms with Crippen molar-refractivity contribution in [3.63, 3.8) is 0 Å². The predicted octanol–water partition coefficient (Wildman–Crippen LogP) is 3.40. The van der Waals surface area contributed by atoms with Crippen LogP contribution in [0.15, 0.2) is 24.3 Å². The molecule has 152 valence electrons. The summed E-state index contributed by atoms with van der Waals surface area (Å²) >= 11 is 0. The van der Waals surface area contributed by atoms with Gasteiger partial charge in [0.2, 0.25) is 0 Å².